The highest BCUT2D eigenvalue weighted by Gasteiger charge is 2.44. The monoisotopic (exact) mass is 398 g/mol. The molecule has 0 heterocycles. The maximum atomic E-state index is 12.6. The molecule has 134 valence electrons. The van der Waals surface area contributed by atoms with Gasteiger partial charge in [0, 0.05) is 28.2 Å². The molecule has 2 aromatic carbocycles. The van der Waals surface area contributed by atoms with E-state index in [-0.39, 0.29) is 30.2 Å². The van der Waals surface area contributed by atoms with Crippen molar-refractivity contribution < 1.29 is 4.79 Å². The summed E-state index contributed by atoms with van der Waals surface area (Å²) in [6.07, 6.45) is 0.822. The lowest BCUT2D eigenvalue weighted by Gasteiger charge is -2.11. The van der Waals surface area contributed by atoms with Crippen molar-refractivity contribution in [1.29, 1.82) is 0 Å². The van der Waals surface area contributed by atoms with E-state index < -0.39 is 0 Å². The fraction of sp³-hybridized carbons (Fsp3) is 0.316. The Morgan fingerprint density at radius 3 is 2.68 bits per heavy atom. The third-order valence-electron chi connectivity index (χ3n) is 4.33. The number of rotatable bonds is 6. The number of carbonyl (C=O) groups is 1. The SMILES string of the molecule is CCNCc1ccccc1NC(=O)C1CC1c1ccc(Cl)cc1Cl.Cl. The number of benzene rings is 2. The maximum Gasteiger partial charge on any atom is 0.228 e. The molecule has 3 rings (SSSR count). The molecule has 0 aromatic heterocycles. The van der Waals surface area contributed by atoms with Crippen molar-refractivity contribution in [2.45, 2.75) is 25.8 Å². The minimum Gasteiger partial charge on any atom is -0.326 e. The Balaban J connectivity index is 0.00000225. The van der Waals surface area contributed by atoms with Crippen LogP contribution in [-0.4, -0.2) is 12.5 Å². The van der Waals surface area contributed by atoms with Crippen molar-refractivity contribution in [3.63, 3.8) is 0 Å². The van der Waals surface area contributed by atoms with E-state index in [2.05, 4.69) is 17.6 Å². The topological polar surface area (TPSA) is 41.1 Å². The fourth-order valence-corrected chi connectivity index (χ4v) is 3.46. The molecule has 1 aliphatic rings. The average Bonchev–Trinajstić information content (AvgIpc) is 3.34. The zero-order valence-electron chi connectivity index (χ0n) is 13.9. The summed E-state index contributed by atoms with van der Waals surface area (Å²) < 4.78 is 0. The molecule has 2 aromatic rings. The van der Waals surface area contributed by atoms with Crippen LogP contribution in [-0.2, 0) is 11.3 Å². The Morgan fingerprint density at radius 1 is 1.20 bits per heavy atom. The van der Waals surface area contributed by atoms with Gasteiger partial charge < -0.3 is 10.6 Å². The number of nitrogens with one attached hydrogen (secondary N) is 2. The summed E-state index contributed by atoms with van der Waals surface area (Å²) in [7, 11) is 0. The van der Waals surface area contributed by atoms with Gasteiger partial charge in [0.15, 0.2) is 0 Å². The van der Waals surface area contributed by atoms with Gasteiger partial charge >= 0.3 is 0 Å². The zero-order chi connectivity index (χ0) is 17.1. The van der Waals surface area contributed by atoms with Crippen LogP contribution in [0.3, 0.4) is 0 Å². The van der Waals surface area contributed by atoms with Gasteiger partial charge in [-0.2, -0.15) is 0 Å². The molecular formula is C19H21Cl3N2O. The summed E-state index contributed by atoms with van der Waals surface area (Å²) >= 11 is 12.2. The van der Waals surface area contributed by atoms with E-state index >= 15 is 0 Å². The highest BCUT2D eigenvalue weighted by atomic mass is 35.5. The van der Waals surface area contributed by atoms with Gasteiger partial charge in [-0.25, -0.2) is 0 Å². The summed E-state index contributed by atoms with van der Waals surface area (Å²) in [5.74, 6) is 0.196. The first-order valence-electron chi connectivity index (χ1n) is 8.14. The Hall–Kier alpha value is -1.26. The van der Waals surface area contributed by atoms with Crippen LogP contribution in [0.1, 0.15) is 30.4 Å². The standard InChI is InChI=1S/C19H20Cl2N2O.ClH/c1-2-22-11-12-5-3-4-6-18(12)23-19(24)16-10-15(16)14-8-7-13(20)9-17(14)21;/h3-9,15-16,22H,2,10-11H2,1H3,(H,23,24);1H. The molecule has 2 N–H and O–H groups in total. The Kier molecular flexibility index (Phi) is 7.14. The van der Waals surface area contributed by atoms with E-state index in [1.54, 1.807) is 6.07 Å². The maximum absolute atomic E-state index is 12.6. The van der Waals surface area contributed by atoms with Gasteiger partial charge in [0.2, 0.25) is 5.91 Å². The molecule has 0 bridgehead atoms. The Bertz CT molecular complexity index is 751. The molecular weight excluding hydrogens is 379 g/mol. The van der Waals surface area contributed by atoms with E-state index in [9.17, 15) is 4.79 Å². The van der Waals surface area contributed by atoms with Crippen molar-refractivity contribution in [3.05, 3.63) is 63.6 Å². The van der Waals surface area contributed by atoms with Gasteiger partial charge in [-0.3, -0.25) is 4.79 Å². The molecule has 1 saturated carbocycles. The van der Waals surface area contributed by atoms with Crippen LogP contribution in [0.25, 0.3) is 0 Å². The molecule has 25 heavy (non-hydrogen) atoms. The first kappa shape index (κ1) is 20.1. The summed E-state index contributed by atoms with van der Waals surface area (Å²) in [5.41, 5.74) is 2.97. The molecule has 1 fully saturated rings. The summed E-state index contributed by atoms with van der Waals surface area (Å²) in [6, 6.07) is 13.4. The number of amides is 1. The summed E-state index contributed by atoms with van der Waals surface area (Å²) in [5, 5.41) is 7.60. The quantitative estimate of drug-likeness (QED) is 0.695. The van der Waals surface area contributed by atoms with Crippen molar-refractivity contribution in [1.82, 2.24) is 5.32 Å². The van der Waals surface area contributed by atoms with Crippen LogP contribution in [0.5, 0.6) is 0 Å². The molecule has 6 heteroatoms. The summed E-state index contributed by atoms with van der Waals surface area (Å²) in [4.78, 5) is 12.6. The first-order valence-corrected chi connectivity index (χ1v) is 8.90. The second-order valence-electron chi connectivity index (χ2n) is 6.04. The van der Waals surface area contributed by atoms with Gasteiger partial charge in [0.25, 0.3) is 0 Å². The number of para-hydroxylation sites is 1. The smallest absolute Gasteiger partial charge is 0.228 e. The Morgan fingerprint density at radius 2 is 1.96 bits per heavy atom. The third-order valence-corrected chi connectivity index (χ3v) is 4.89. The molecule has 1 amide bonds. The highest BCUT2D eigenvalue weighted by Crippen LogP contribution is 2.50. The van der Waals surface area contributed by atoms with E-state index in [0.29, 0.717) is 10.0 Å². The molecule has 0 spiro atoms. The lowest BCUT2D eigenvalue weighted by molar-refractivity contribution is -0.117. The third kappa shape index (κ3) is 4.89. The van der Waals surface area contributed by atoms with Crippen LogP contribution in [0.15, 0.2) is 42.5 Å². The minimum absolute atomic E-state index is 0. The average molecular weight is 400 g/mol. The van der Waals surface area contributed by atoms with E-state index in [1.807, 2.05) is 36.4 Å². The number of hydrogen-bond donors (Lipinski definition) is 2. The largest absolute Gasteiger partial charge is 0.326 e. The van der Waals surface area contributed by atoms with Gasteiger partial charge in [-0.1, -0.05) is 54.4 Å². The molecule has 2 atom stereocenters. The van der Waals surface area contributed by atoms with Crippen LogP contribution in [0, 0.1) is 5.92 Å². The van der Waals surface area contributed by atoms with Crippen LogP contribution in [0.4, 0.5) is 5.69 Å². The van der Waals surface area contributed by atoms with Gasteiger partial charge in [-0.05, 0) is 48.2 Å². The van der Waals surface area contributed by atoms with Crippen molar-refractivity contribution in [2.24, 2.45) is 5.92 Å². The van der Waals surface area contributed by atoms with Crippen molar-refractivity contribution in [3.8, 4) is 0 Å². The highest BCUT2D eigenvalue weighted by molar-refractivity contribution is 6.35. The fourth-order valence-electron chi connectivity index (χ4n) is 2.91. The van der Waals surface area contributed by atoms with Crippen molar-refractivity contribution >= 4 is 47.2 Å². The predicted octanol–water partition coefficient (Wildman–Crippen LogP) is 5.27. The molecule has 0 saturated heterocycles. The van der Waals surface area contributed by atoms with E-state index in [0.717, 1.165) is 36.3 Å². The number of anilines is 1. The number of hydrogen-bond acceptors (Lipinski definition) is 2. The predicted molar refractivity (Wildman–Crippen MR) is 107 cm³/mol. The number of halogens is 3. The second kappa shape index (κ2) is 8.91. The van der Waals surface area contributed by atoms with Crippen LogP contribution >= 0.6 is 35.6 Å². The van der Waals surface area contributed by atoms with Gasteiger partial charge in [0.05, 0.1) is 0 Å². The molecule has 0 aliphatic heterocycles. The van der Waals surface area contributed by atoms with Crippen LogP contribution < -0.4 is 10.6 Å². The molecule has 2 unspecified atom stereocenters. The minimum atomic E-state index is -0.0316. The van der Waals surface area contributed by atoms with Gasteiger partial charge in [-0.15, -0.1) is 12.4 Å². The lowest BCUT2D eigenvalue weighted by Crippen LogP contribution is -2.18. The number of carbonyl (C=O) groups excluding carboxylic acids is 1. The first-order chi connectivity index (χ1) is 11.6. The van der Waals surface area contributed by atoms with Crippen molar-refractivity contribution in [2.75, 3.05) is 11.9 Å². The Labute approximate surface area is 164 Å². The molecule has 1 aliphatic carbocycles. The van der Waals surface area contributed by atoms with E-state index in [4.69, 9.17) is 23.2 Å². The normalized spacial score (nSPS) is 18.4. The lowest BCUT2D eigenvalue weighted by atomic mass is 10.1. The van der Waals surface area contributed by atoms with E-state index in [1.165, 1.54) is 0 Å². The second-order valence-corrected chi connectivity index (χ2v) is 6.88. The van der Waals surface area contributed by atoms with Gasteiger partial charge in [0.1, 0.15) is 0 Å². The zero-order valence-corrected chi connectivity index (χ0v) is 16.2. The molecule has 3 nitrogen and oxygen atoms in total. The summed E-state index contributed by atoms with van der Waals surface area (Å²) in [6.45, 7) is 3.69. The molecule has 0 radical (unpaired) electrons. The van der Waals surface area contributed by atoms with Crippen LogP contribution in [0.2, 0.25) is 10.0 Å².